The monoisotopic (exact) mass is 1120 g/mol. The van der Waals surface area contributed by atoms with Crippen LogP contribution >= 0.6 is 21.6 Å². The van der Waals surface area contributed by atoms with Gasteiger partial charge < -0.3 is 52.0 Å². The minimum atomic E-state index is -4.00. The molecule has 0 unspecified atom stereocenters. The van der Waals surface area contributed by atoms with Crippen molar-refractivity contribution in [3.05, 3.63) is 107 Å². The largest absolute Gasteiger partial charge is 0.508 e. The molecule has 418 valence electrons. The summed E-state index contributed by atoms with van der Waals surface area (Å²) in [6, 6.07) is 12.9. The van der Waals surface area contributed by atoms with Crippen molar-refractivity contribution in [3.8, 4) is 5.75 Å². The van der Waals surface area contributed by atoms with Gasteiger partial charge in [-0.25, -0.2) is 22.7 Å². The number of Topliss-reactive ketones (excluding diaryl/α,β-unsaturated/α-hetero) is 1. The minimum Gasteiger partial charge on any atom is -0.508 e. The number of ketones is 1. The number of unbranched alkanes of at least 4 members (excludes halogenated alkanes) is 1. The van der Waals surface area contributed by atoms with E-state index in [4.69, 9.17) is 4.74 Å². The zero-order chi connectivity index (χ0) is 56.5. The van der Waals surface area contributed by atoms with Gasteiger partial charge in [-0.15, -0.1) is 0 Å². The number of phenolic OH excluding ortho intramolecular Hbond substituents is 1. The topological polar surface area (TPSA) is 325 Å². The van der Waals surface area contributed by atoms with E-state index < -0.39 is 118 Å². The van der Waals surface area contributed by atoms with Gasteiger partial charge in [0.05, 0.1) is 18.4 Å². The van der Waals surface area contributed by atoms with Gasteiger partial charge in [-0.2, -0.15) is 0 Å². The van der Waals surface area contributed by atoms with Crippen LogP contribution in [-0.4, -0.2) is 143 Å². The van der Waals surface area contributed by atoms with Gasteiger partial charge >= 0.3 is 12.1 Å². The van der Waals surface area contributed by atoms with Crippen molar-refractivity contribution >= 4 is 84.6 Å². The fourth-order valence-corrected chi connectivity index (χ4v) is 11.5. The molecule has 8 atom stereocenters. The fourth-order valence-electron chi connectivity index (χ4n) is 8.46. The van der Waals surface area contributed by atoms with Crippen molar-refractivity contribution in [1.29, 1.82) is 0 Å². The molecule has 1 saturated heterocycles. The predicted molar refractivity (Wildman–Crippen MR) is 292 cm³/mol. The van der Waals surface area contributed by atoms with Crippen molar-refractivity contribution in [2.24, 2.45) is 5.92 Å². The van der Waals surface area contributed by atoms with Crippen molar-refractivity contribution in [2.45, 2.75) is 127 Å². The highest BCUT2D eigenvalue weighted by atomic mass is 33.1. The predicted octanol–water partition coefficient (Wildman–Crippen LogP) is 2.68. The van der Waals surface area contributed by atoms with E-state index in [1.807, 2.05) is 30.3 Å². The van der Waals surface area contributed by atoms with Crippen LogP contribution in [0.15, 0.2) is 84.9 Å². The van der Waals surface area contributed by atoms with Crippen molar-refractivity contribution in [1.82, 2.24) is 36.6 Å². The van der Waals surface area contributed by atoms with E-state index in [2.05, 4.69) is 36.6 Å². The van der Waals surface area contributed by atoms with Crippen LogP contribution in [0.3, 0.4) is 0 Å². The summed E-state index contributed by atoms with van der Waals surface area (Å²) in [5, 5.41) is 46.9. The molecule has 3 aromatic rings. The third-order valence-electron chi connectivity index (χ3n) is 12.3. The van der Waals surface area contributed by atoms with Crippen LogP contribution in [0.5, 0.6) is 5.75 Å². The first-order chi connectivity index (χ1) is 36.3. The molecule has 10 N–H and O–H groups in total. The molecule has 21 nitrogen and oxygen atoms in total. The Labute approximate surface area is 456 Å². The van der Waals surface area contributed by atoms with Crippen molar-refractivity contribution in [2.75, 3.05) is 24.3 Å². The number of carbonyl (C=O) groups excluding carboxylic acids is 7. The van der Waals surface area contributed by atoms with Gasteiger partial charge in [-0.1, -0.05) is 94.4 Å². The number of carbonyl (C=O) groups is 8. The maximum atomic E-state index is 14.9. The van der Waals surface area contributed by atoms with Gasteiger partial charge in [0.15, 0.2) is 5.78 Å². The fraction of sp³-hybridized carbons (Fsp3) is 0.472. The van der Waals surface area contributed by atoms with Crippen molar-refractivity contribution < 1.29 is 66.8 Å². The molecule has 0 aromatic heterocycles. The maximum absolute atomic E-state index is 14.9. The summed E-state index contributed by atoms with van der Waals surface area (Å²) in [7, 11) is -2.15. The Morgan fingerprint density at radius 3 is 2.10 bits per heavy atom. The summed E-state index contributed by atoms with van der Waals surface area (Å²) in [6.45, 7) is 6.43. The maximum Gasteiger partial charge on any atom is 0.407 e. The average molecular weight is 1120 g/mol. The number of carboxylic acid groups (broad SMARTS) is 1. The number of amides is 6. The van der Waals surface area contributed by atoms with E-state index in [0.29, 0.717) is 23.1 Å². The van der Waals surface area contributed by atoms with E-state index in [0.717, 1.165) is 39.0 Å². The second kappa shape index (κ2) is 28.8. The van der Waals surface area contributed by atoms with Crippen molar-refractivity contribution in [3.63, 3.8) is 0 Å². The number of aliphatic carboxylic acids is 1. The Kier molecular flexibility index (Phi) is 22.9. The molecule has 0 saturated carbocycles. The number of sulfonamides is 1. The quantitative estimate of drug-likeness (QED) is 0.0686. The summed E-state index contributed by atoms with van der Waals surface area (Å²) >= 11 is 0. The number of hydrogen-bond donors (Lipinski definition) is 10. The summed E-state index contributed by atoms with van der Waals surface area (Å²) in [5.41, 5.74) is 2.81. The number of aliphatic hydroxyl groups excluding tert-OH is 1. The number of phenols is 1. The zero-order valence-corrected chi connectivity index (χ0v) is 46.0. The van der Waals surface area contributed by atoms with Gasteiger partial charge in [-0.3, -0.25) is 28.8 Å². The molecule has 1 heterocycles. The molecule has 3 aromatic carbocycles. The third-order valence-corrected chi connectivity index (χ3v) is 15.5. The van der Waals surface area contributed by atoms with Crippen LogP contribution < -0.4 is 36.6 Å². The highest BCUT2D eigenvalue weighted by molar-refractivity contribution is 8.76. The van der Waals surface area contributed by atoms with E-state index in [1.54, 1.807) is 63.2 Å². The van der Waals surface area contributed by atoms with Crippen LogP contribution in [0.25, 0.3) is 5.57 Å². The molecule has 1 aliphatic heterocycles. The Bertz CT molecular complexity index is 2720. The molecule has 24 heteroatoms. The number of hydrogen-bond acceptors (Lipinski definition) is 15. The molecular formula is C53H69N7O14S3. The first-order valence-corrected chi connectivity index (χ1v) is 29.5. The van der Waals surface area contributed by atoms with Gasteiger partial charge in [0.2, 0.25) is 39.6 Å². The molecule has 0 radical (unpaired) electrons. The molecule has 1 aliphatic carbocycles. The molecule has 6 amide bonds. The van der Waals surface area contributed by atoms with Crippen LogP contribution in [-0.2, 0) is 67.6 Å². The summed E-state index contributed by atoms with van der Waals surface area (Å²) in [5.74, 6) is -8.58. The van der Waals surface area contributed by atoms with Crippen LogP contribution in [0.4, 0.5) is 4.79 Å². The van der Waals surface area contributed by atoms with Gasteiger partial charge in [-0.05, 0) is 106 Å². The Balaban J connectivity index is 1.55. The van der Waals surface area contributed by atoms with E-state index in [1.165, 1.54) is 19.1 Å². The number of aromatic hydroxyl groups is 1. The van der Waals surface area contributed by atoms with E-state index >= 15 is 0 Å². The number of fused-ring (bicyclic) bond motifs is 1. The summed E-state index contributed by atoms with van der Waals surface area (Å²) in [4.78, 5) is 112. The number of ether oxygens (including phenoxy) is 1. The number of aliphatic hydroxyl groups is 1. The number of alkyl carbamates (subject to hydrolysis) is 1. The van der Waals surface area contributed by atoms with Crippen LogP contribution in [0, 0.1) is 5.92 Å². The lowest BCUT2D eigenvalue weighted by atomic mass is 9.90. The molecule has 1 fully saturated rings. The highest BCUT2D eigenvalue weighted by Gasteiger charge is 2.37. The lowest BCUT2D eigenvalue weighted by Crippen LogP contribution is -2.60. The molecular weight excluding hydrogens is 1050 g/mol. The first-order valence-electron chi connectivity index (χ1n) is 25.1. The average Bonchev–Trinajstić information content (AvgIpc) is 3.76. The second-order valence-corrected chi connectivity index (χ2v) is 24.3. The highest BCUT2D eigenvalue weighted by Crippen LogP contribution is 2.31. The zero-order valence-electron chi connectivity index (χ0n) is 43.5. The standard InChI is InChI=1S/C53H69N7O14S3/c1-31(61)45-50(68)58-43(51(69)70)30-76-75-29-42(57-49(67)41(60-77(5,72)73)26-32-13-7-6-8-14-32)44(63)28-36(25-33-18-22-37(62)23-19-33)46(64)56-40(27-35-21-20-34-15-9-10-16-38(34)35)48(66)55-39(47(65)59-45)17-11-12-24-54-52(71)74-53(2,3)4/h6-10,13-16,18-19,21-23,31,36,39-43,45,60-62H,11-12,17,20,24-30H2,1-5H3,(H,54,71)(H,55,66)(H,56,64)(H,57,67)(H,58,68)(H,59,65)(H,69,70)/t31-,36-,39+,40-,41-,42+,43+,45+/m1/s1. The van der Waals surface area contributed by atoms with Gasteiger partial charge in [0.1, 0.15) is 41.6 Å². The van der Waals surface area contributed by atoms with Gasteiger partial charge in [0.25, 0.3) is 0 Å². The lowest BCUT2D eigenvalue weighted by molar-refractivity contribution is -0.142. The Hall–Kier alpha value is -6.47. The molecule has 5 rings (SSSR count). The normalized spacial score (nSPS) is 22.1. The molecule has 2 aliphatic rings. The number of nitrogens with one attached hydrogen (secondary N) is 7. The number of rotatable bonds is 17. The lowest BCUT2D eigenvalue weighted by Gasteiger charge is -2.28. The number of allylic oxidation sites excluding steroid dienone is 1. The molecule has 0 bridgehead atoms. The Morgan fingerprint density at radius 2 is 1.44 bits per heavy atom. The molecule has 77 heavy (non-hydrogen) atoms. The van der Waals surface area contributed by atoms with Crippen LogP contribution in [0.2, 0.25) is 0 Å². The van der Waals surface area contributed by atoms with Gasteiger partial charge in [0, 0.05) is 36.8 Å². The second-order valence-electron chi connectivity index (χ2n) is 20.0. The third kappa shape index (κ3) is 20.4. The number of carboxylic acids is 1. The summed E-state index contributed by atoms with van der Waals surface area (Å²) < 4.78 is 32.8. The number of benzene rings is 3. The SMILES string of the molecule is C[C@@H](O)[C@@H]1NC(=O)[C@H](CCCCNC(=O)OC(C)(C)C)NC(=O)[C@@H](CC2=CCc3ccccc32)NC(=O)[C@H](Cc2ccc(O)cc2)CC(=O)[C@@H](NC(=O)[C@@H](Cc2ccccc2)NS(C)(=O)=O)CSSC[C@@H](C(=O)O)NC1=O. The first kappa shape index (κ1) is 61.4. The van der Waals surface area contributed by atoms with E-state index in [9.17, 15) is 62.1 Å². The minimum absolute atomic E-state index is 0.0697. The Morgan fingerprint density at radius 1 is 0.792 bits per heavy atom. The van der Waals surface area contributed by atoms with E-state index in [-0.39, 0.29) is 62.3 Å². The van der Waals surface area contributed by atoms with Crippen LogP contribution in [0.1, 0.15) is 82.1 Å². The summed E-state index contributed by atoms with van der Waals surface area (Å²) in [6.07, 6.45) is 0.573. The molecule has 0 spiro atoms. The smallest absolute Gasteiger partial charge is 0.407 e.